The van der Waals surface area contributed by atoms with Gasteiger partial charge < -0.3 is 9.64 Å². The van der Waals surface area contributed by atoms with E-state index < -0.39 is 5.60 Å². The quantitative estimate of drug-likeness (QED) is 0.636. The molecule has 2 unspecified atom stereocenters. The van der Waals surface area contributed by atoms with Gasteiger partial charge in [-0.05, 0) is 68.7 Å². The third-order valence-electron chi connectivity index (χ3n) is 4.77. The molecule has 1 aliphatic heterocycles. The van der Waals surface area contributed by atoms with Crippen molar-refractivity contribution in [2.45, 2.75) is 52.3 Å². The zero-order valence-electron chi connectivity index (χ0n) is 16.9. The first-order chi connectivity index (χ1) is 13.1. The number of halogens is 1. The van der Waals surface area contributed by atoms with Gasteiger partial charge >= 0.3 is 6.09 Å². The van der Waals surface area contributed by atoms with Gasteiger partial charge in [0.05, 0.1) is 23.2 Å². The fourth-order valence-electron chi connectivity index (χ4n) is 3.70. The average Bonchev–Trinajstić information content (AvgIpc) is 2.59. The monoisotopic (exact) mass is 444 g/mol. The molecule has 6 nitrogen and oxygen atoms in total. The molecule has 2 heterocycles. The van der Waals surface area contributed by atoms with Crippen molar-refractivity contribution in [3.8, 4) is 6.07 Å². The molecule has 0 spiro atoms. The van der Waals surface area contributed by atoms with Crippen LogP contribution in [-0.2, 0) is 4.74 Å². The number of carbonyl (C=O) groups is 1. The van der Waals surface area contributed by atoms with Crippen LogP contribution in [0.25, 0.3) is 10.9 Å². The molecule has 7 heteroatoms. The number of anilines is 1. The number of hydrogen-bond acceptors (Lipinski definition) is 5. The molecule has 0 aliphatic carbocycles. The van der Waals surface area contributed by atoms with E-state index in [9.17, 15) is 10.1 Å². The topological polar surface area (TPSA) is 69.5 Å². The van der Waals surface area contributed by atoms with Crippen molar-refractivity contribution in [1.29, 1.82) is 5.26 Å². The summed E-state index contributed by atoms with van der Waals surface area (Å²) in [7, 11) is 0. The lowest BCUT2D eigenvalue weighted by atomic mass is 10.0. The Kier molecular flexibility index (Phi) is 5.53. The fraction of sp³-hybridized carbons (Fsp3) is 0.476. The molecule has 1 saturated heterocycles. The van der Waals surface area contributed by atoms with Crippen molar-refractivity contribution in [3.05, 3.63) is 34.4 Å². The zero-order chi connectivity index (χ0) is 20.6. The molecule has 1 fully saturated rings. The minimum atomic E-state index is -0.519. The number of piperazine rings is 1. The van der Waals surface area contributed by atoms with E-state index in [0.717, 1.165) is 21.1 Å². The van der Waals surface area contributed by atoms with E-state index in [0.29, 0.717) is 18.7 Å². The van der Waals surface area contributed by atoms with Crippen LogP contribution in [0.1, 0.15) is 40.2 Å². The second-order valence-corrected chi connectivity index (χ2v) is 9.14. The average molecular weight is 445 g/mol. The maximum absolute atomic E-state index is 12.7. The largest absolute Gasteiger partial charge is 0.444 e. The van der Waals surface area contributed by atoms with E-state index >= 15 is 0 Å². The smallest absolute Gasteiger partial charge is 0.410 e. The Morgan fingerprint density at radius 2 is 1.93 bits per heavy atom. The number of ether oxygens (including phenoxy) is 1. The molecule has 0 bridgehead atoms. The number of rotatable bonds is 1. The van der Waals surface area contributed by atoms with Crippen LogP contribution in [0.4, 0.5) is 10.5 Å². The molecule has 28 heavy (non-hydrogen) atoms. The molecule has 0 N–H and O–H groups in total. The standard InChI is InChI=1S/C21H25BrN4O2/c1-13-11-25(12-14(2)26(13)20(27)28-21(3,4)5)18-7-6-17(22)19-16(18)8-15(9-23)10-24-19/h6-8,10,13-14H,11-12H2,1-5H3. The summed E-state index contributed by atoms with van der Waals surface area (Å²) in [6, 6.07) is 8.04. The summed E-state index contributed by atoms with van der Waals surface area (Å²) in [6.07, 6.45) is 1.31. The van der Waals surface area contributed by atoms with Crippen LogP contribution >= 0.6 is 15.9 Å². The Hall–Kier alpha value is -2.33. The van der Waals surface area contributed by atoms with E-state index in [4.69, 9.17) is 4.74 Å². The Morgan fingerprint density at radius 1 is 1.29 bits per heavy atom. The van der Waals surface area contributed by atoms with Gasteiger partial charge in [-0.2, -0.15) is 5.26 Å². The molecule has 2 aromatic rings. The van der Waals surface area contributed by atoms with Gasteiger partial charge in [0, 0.05) is 34.8 Å². The first-order valence-corrected chi connectivity index (χ1v) is 10.1. The Labute approximate surface area is 174 Å². The second-order valence-electron chi connectivity index (χ2n) is 8.29. The van der Waals surface area contributed by atoms with Crippen molar-refractivity contribution in [3.63, 3.8) is 0 Å². The maximum atomic E-state index is 12.7. The molecular formula is C21H25BrN4O2. The molecule has 148 valence electrons. The number of hydrogen-bond donors (Lipinski definition) is 0. The summed E-state index contributed by atoms with van der Waals surface area (Å²) in [4.78, 5) is 21.2. The summed E-state index contributed by atoms with van der Waals surface area (Å²) in [5.74, 6) is 0. The van der Waals surface area contributed by atoms with Gasteiger partial charge in [-0.15, -0.1) is 0 Å². The molecule has 1 amide bonds. The lowest BCUT2D eigenvalue weighted by Gasteiger charge is -2.45. The number of nitriles is 1. The molecule has 1 aromatic carbocycles. The molecule has 0 saturated carbocycles. The normalized spacial score (nSPS) is 20.2. The molecule has 0 radical (unpaired) electrons. The molecule has 3 rings (SSSR count). The van der Waals surface area contributed by atoms with Gasteiger partial charge in [0.2, 0.25) is 0 Å². The number of fused-ring (bicyclic) bond motifs is 1. The Balaban J connectivity index is 1.92. The van der Waals surface area contributed by atoms with Crippen molar-refractivity contribution >= 4 is 38.6 Å². The summed E-state index contributed by atoms with van der Waals surface area (Å²) in [5.41, 5.74) is 1.85. The number of aromatic nitrogens is 1. The summed E-state index contributed by atoms with van der Waals surface area (Å²) >= 11 is 3.55. The van der Waals surface area contributed by atoms with Gasteiger partial charge in [-0.1, -0.05) is 0 Å². The third-order valence-corrected chi connectivity index (χ3v) is 5.41. The predicted octanol–water partition coefficient (Wildman–Crippen LogP) is 4.70. The van der Waals surface area contributed by atoms with Gasteiger partial charge in [0.15, 0.2) is 0 Å². The summed E-state index contributed by atoms with van der Waals surface area (Å²) < 4.78 is 6.48. The van der Waals surface area contributed by atoms with E-state index in [-0.39, 0.29) is 18.2 Å². The number of carbonyl (C=O) groups excluding carboxylic acids is 1. The third kappa shape index (κ3) is 4.07. The van der Waals surface area contributed by atoms with Crippen LogP contribution < -0.4 is 4.90 Å². The van der Waals surface area contributed by atoms with Gasteiger partial charge in [0.25, 0.3) is 0 Å². The van der Waals surface area contributed by atoms with Crippen LogP contribution in [0.3, 0.4) is 0 Å². The maximum Gasteiger partial charge on any atom is 0.410 e. The van der Waals surface area contributed by atoms with E-state index in [2.05, 4.69) is 31.9 Å². The highest BCUT2D eigenvalue weighted by molar-refractivity contribution is 9.10. The Morgan fingerprint density at radius 3 is 2.50 bits per heavy atom. The van der Waals surface area contributed by atoms with Gasteiger partial charge in [-0.25, -0.2) is 4.79 Å². The second kappa shape index (κ2) is 7.59. The van der Waals surface area contributed by atoms with Gasteiger partial charge in [0.1, 0.15) is 11.7 Å². The zero-order valence-corrected chi connectivity index (χ0v) is 18.4. The summed E-state index contributed by atoms with van der Waals surface area (Å²) in [6.45, 7) is 11.1. The first-order valence-electron chi connectivity index (χ1n) is 9.35. The Bertz CT molecular complexity index is 936. The number of amides is 1. The van der Waals surface area contributed by atoms with Crippen LogP contribution in [0.5, 0.6) is 0 Å². The van der Waals surface area contributed by atoms with Crippen LogP contribution in [0.2, 0.25) is 0 Å². The minimum Gasteiger partial charge on any atom is -0.444 e. The van der Waals surface area contributed by atoms with E-state index in [1.54, 1.807) is 6.20 Å². The molecule has 1 aliphatic rings. The number of nitrogens with zero attached hydrogens (tertiary/aromatic N) is 4. The fourth-order valence-corrected chi connectivity index (χ4v) is 4.15. The van der Waals surface area contributed by atoms with Crippen LogP contribution in [-0.4, -0.2) is 46.8 Å². The van der Waals surface area contributed by atoms with E-state index in [1.165, 1.54) is 0 Å². The highest BCUT2D eigenvalue weighted by Crippen LogP contribution is 2.34. The molecule has 1 aromatic heterocycles. The minimum absolute atomic E-state index is 0.00981. The van der Waals surface area contributed by atoms with Crippen molar-refractivity contribution in [2.24, 2.45) is 0 Å². The van der Waals surface area contributed by atoms with Crippen LogP contribution in [0.15, 0.2) is 28.9 Å². The van der Waals surface area contributed by atoms with Crippen molar-refractivity contribution in [1.82, 2.24) is 9.88 Å². The lowest BCUT2D eigenvalue weighted by Crippen LogP contribution is -2.59. The van der Waals surface area contributed by atoms with Crippen molar-refractivity contribution < 1.29 is 9.53 Å². The summed E-state index contributed by atoms with van der Waals surface area (Å²) in [5, 5.41) is 10.2. The van der Waals surface area contributed by atoms with Gasteiger partial charge in [-0.3, -0.25) is 9.88 Å². The van der Waals surface area contributed by atoms with E-state index in [1.807, 2.05) is 57.7 Å². The lowest BCUT2D eigenvalue weighted by molar-refractivity contribution is 0.00568. The first kappa shape index (κ1) is 20.4. The number of benzene rings is 1. The van der Waals surface area contributed by atoms with Crippen LogP contribution in [0, 0.1) is 11.3 Å². The van der Waals surface area contributed by atoms with Crippen molar-refractivity contribution in [2.75, 3.05) is 18.0 Å². The highest BCUT2D eigenvalue weighted by atomic mass is 79.9. The number of pyridine rings is 1. The molecule has 2 atom stereocenters. The SMILES string of the molecule is CC1CN(c2ccc(Br)c3ncc(C#N)cc23)CC(C)N1C(=O)OC(C)(C)C. The highest BCUT2D eigenvalue weighted by Gasteiger charge is 2.36. The molecular weight excluding hydrogens is 420 g/mol. The predicted molar refractivity (Wildman–Crippen MR) is 113 cm³/mol.